The van der Waals surface area contributed by atoms with Gasteiger partial charge in [0.05, 0.1) is 0 Å². The summed E-state index contributed by atoms with van der Waals surface area (Å²) in [5, 5.41) is 2.87. The first-order chi connectivity index (χ1) is 7.06. The van der Waals surface area contributed by atoms with E-state index >= 15 is 0 Å². The molecule has 0 radical (unpaired) electrons. The van der Waals surface area contributed by atoms with Gasteiger partial charge < -0.3 is 5.73 Å². The van der Waals surface area contributed by atoms with Gasteiger partial charge in [-0.2, -0.15) is 9.50 Å². The normalized spacial score (nSPS) is 13.3. The van der Waals surface area contributed by atoms with Crippen molar-refractivity contribution in [2.75, 3.05) is 0 Å². The number of nitrogens with one attached hydrogen (secondary N) is 1. The quantitative estimate of drug-likeness (QED) is 0.702. The molecule has 0 bridgehead atoms. The van der Waals surface area contributed by atoms with Crippen molar-refractivity contribution in [1.82, 2.24) is 19.6 Å². The molecule has 6 heteroatoms. The molecule has 2 rings (SSSR count). The van der Waals surface area contributed by atoms with Gasteiger partial charge in [-0.1, -0.05) is 0 Å². The summed E-state index contributed by atoms with van der Waals surface area (Å²) in [6, 6.07) is 1.46. The Morgan fingerprint density at radius 1 is 1.60 bits per heavy atom. The number of rotatable bonds is 2. The van der Waals surface area contributed by atoms with Gasteiger partial charge in [-0.3, -0.25) is 9.89 Å². The van der Waals surface area contributed by atoms with Crippen LogP contribution in [-0.2, 0) is 6.42 Å². The summed E-state index contributed by atoms with van der Waals surface area (Å²) >= 11 is 0. The second kappa shape index (κ2) is 3.47. The molecule has 2 aromatic heterocycles. The zero-order chi connectivity index (χ0) is 11.0. The number of hydrogen-bond donors (Lipinski definition) is 2. The van der Waals surface area contributed by atoms with Gasteiger partial charge in [-0.05, 0) is 13.8 Å². The molecule has 6 nitrogen and oxygen atoms in total. The van der Waals surface area contributed by atoms with E-state index in [2.05, 4.69) is 15.1 Å². The lowest BCUT2D eigenvalue weighted by molar-refractivity contribution is 0.697. The summed E-state index contributed by atoms with van der Waals surface area (Å²) in [6.45, 7) is 3.65. The van der Waals surface area contributed by atoms with Crippen LogP contribution in [0.4, 0.5) is 0 Å². The topological polar surface area (TPSA) is 89.1 Å². The number of nitrogens with two attached hydrogens (primary N) is 1. The molecule has 0 saturated heterocycles. The van der Waals surface area contributed by atoms with Crippen molar-refractivity contribution in [3.8, 4) is 0 Å². The van der Waals surface area contributed by atoms with Crippen molar-refractivity contribution in [3.63, 3.8) is 0 Å². The Hall–Kier alpha value is -1.69. The SMILES string of the molecule is Cc1cc(=O)n2[nH]c(CC(C)N)nc2n1. The van der Waals surface area contributed by atoms with Crippen LogP contribution in [-0.4, -0.2) is 25.6 Å². The largest absolute Gasteiger partial charge is 0.328 e. The van der Waals surface area contributed by atoms with Gasteiger partial charge in [0.1, 0.15) is 5.82 Å². The maximum absolute atomic E-state index is 11.5. The van der Waals surface area contributed by atoms with E-state index in [9.17, 15) is 4.79 Å². The Morgan fingerprint density at radius 3 is 3.00 bits per heavy atom. The Bertz CT molecular complexity index is 539. The van der Waals surface area contributed by atoms with Crippen molar-refractivity contribution in [1.29, 1.82) is 0 Å². The molecular formula is C9H13N5O. The molecule has 0 amide bonds. The fourth-order valence-electron chi connectivity index (χ4n) is 1.43. The fourth-order valence-corrected chi connectivity index (χ4v) is 1.43. The molecule has 2 aromatic rings. The summed E-state index contributed by atoms with van der Waals surface area (Å²) in [6.07, 6.45) is 0.599. The van der Waals surface area contributed by atoms with Crippen LogP contribution < -0.4 is 11.3 Å². The average Bonchev–Trinajstić information content (AvgIpc) is 2.45. The Labute approximate surface area is 86.1 Å². The van der Waals surface area contributed by atoms with Gasteiger partial charge in [-0.25, -0.2) is 4.98 Å². The number of hydrogen-bond acceptors (Lipinski definition) is 4. The first-order valence-corrected chi connectivity index (χ1v) is 4.77. The lowest BCUT2D eigenvalue weighted by Gasteiger charge is -1.98. The van der Waals surface area contributed by atoms with E-state index in [-0.39, 0.29) is 11.6 Å². The minimum absolute atomic E-state index is 0.00219. The standard InChI is InChI=1S/C9H13N5O/c1-5(10)3-7-12-9-11-6(2)4-8(15)14(9)13-7/h4-5H,3,10H2,1-2H3,(H,11,12,13). The summed E-state index contributed by atoms with van der Waals surface area (Å²) in [5.74, 6) is 1.08. The zero-order valence-electron chi connectivity index (χ0n) is 8.69. The summed E-state index contributed by atoms with van der Waals surface area (Å²) < 4.78 is 1.32. The van der Waals surface area contributed by atoms with Crippen LogP contribution in [0, 0.1) is 6.92 Å². The highest BCUT2D eigenvalue weighted by Gasteiger charge is 2.07. The molecule has 0 aromatic carbocycles. The van der Waals surface area contributed by atoms with E-state index in [0.29, 0.717) is 23.7 Å². The van der Waals surface area contributed by atoms with Crippen molar-refractivity contribution in [2.45, 2.75) is 26.3 Å². The third-order valence-electron chi connectivity index (χ3n) is 2.02. The highest BCUT2D eigenvalue weighted by Crippen LogP contribution is 1.98. The minimum Gasteiger partial charge on any atom is -0.328 e. The van der Waals surface area contributed by atoms with E-state index in [4.69, 9.17) is 5.73 Å². The molecule has 0 aliphatic heterocycles. The second-order valence-corrected chi connectivity index (χ2v) is 3.72. The van der Waals surface area contributed by atoms with Gasteiger partial charge in [0.15, 0.2) is 0 Å². The van der Waals surface area contributed by atoms with Crippen molar-refractivity contribution in [3.05, 3.63) is 27.9 Å². The highest BCUT2D eigenvalue weighted by molar-refractivity contribution is 5.27. The third-order valence-corrected chi connectivity index (χ3v) is 2.02. The summed E-state index contributed by atoms with van der Waals surface area (Å²) in [7, 11) is 0. The smallest absolute Gasteiger partial charge is 0.274 e. The minimum atomic E-state index is -0.152. The Balaban J connectivity index is 2.55. The maximum atomic E-state index is 11.5. The van der Waals surface area contributed by atoms with Crippen LogP contribution in [0.15, 0.2) is 10.9 Å². The van der Waals surface area contributed by atoms with Crippen LogP contribution in [0.2, 0.25) is 0 Å². The Kier molecular flexibility index (Phi) is 2.28. The molecule has 0 saturated carbocycles. The number of aryl methyl sites for hydroxylation is 1. The van der Waals surface area contributed by atoms with Gasteiger partial charge >= 0.3 is 0 Å². The maximum Gasteiger partial charge on any atom is 0.274 e. The molecule has 0 fully saturated rings. The molecule has 2 heterocycles. The van der Waals surface area contributed by atoms with Crippen molar-refractivity contribution in [2.24, 2.45) is 5.73 Å². The molecule has 0 aliphatic carbocycles. The highest BCUT2D eigenvalue weighted by atomic mass is 16.1. The summed E-state index contributed by atoms with van der Waals surface area (Å²) in [5.41, 5.74) is 6.16. The van der Waals surface area contributed by atoms with Gasteiger partial charge in [0.25, 0.3) is 11.3 Å². The van der Waals surface area contributed by atoms with Crippen molar-refractivity contribution < 1.29 is 0 Å². The molecule has 15 heavy (non-hydrogen) atoms. The molecule has 1 unspecified atom stereocenters. The zero-order valence-corrected chi connectivity index (χ0v) is 8.69. The molecule has 1 atom stereocenters. The number of aromatic nitrogens is 4. The second-order valence-electron chi connectivity index (χ2n) is 3.72. The molecular weight excluding hydrogens is 194 g/mol. The molecule has 0 aliphatic rings. The third kappa shape index (κ3) is 1.89. The van der Waals surface area contributed by atoms with E-state index < -0.39 is 0 Å². The lowest BCUT2D eigenvalue weighted by Crippen LogP contribution is -2.19. The lowest BCUT2D eigenvalue weighted by atomic mass is 10.2. The average molecular weight is 207 g/mol. The van der Waals surface area contributed by atoms with E-state index in [0.717, 1.165) is 0 Å². The van der Waals surface area contributed by atoms with Crippen LogP contribution in [0.25, 0.3) is 5.78 Å². The number of H-pyrrole nitrogens is 1. The molecule has 80 valence electrons. The number of aromatic amines is 1. The van der Waals surface area contributed by atoms with Crippen LogP contribution in [0.1, 0.15) is 18.4 Å². The number of fused-ring (bicyclic) bond motifs is 1. The van der Waals surface area contributed by atoms with Gasteiger partial charge in [0.2, 0.25) is 0 Å². The van der Waals surface area contributed by atoms with E-state index in [1.165, 1.54) is 10.6 Å². The fraction of sp³-hybridized carbons (Fsp3) is 0.444. The predicted octanol–water partition coefficient (Wildman–Crippen LogP) is -0.384. The van der Waals surface area contributed by atoms with E-state index in [1.807, 2.05) is 6.92 Å². The van der Waals surface area contributed by atoms with E-state index in [1.54, 1.807) is 6.92 Å². The van der Waals surface area contributed by atoms with Crippen molar-refractivity contribution >= 4 is 5.78 Å². The summed E-state index contributed by atoms with van der Waals surface area (Å²) in [4.78, 5) is 19.9. The molecule has 3 N–H and O–H groups in total. The monoisotopic (exact) mass is 207 g/mol. The van der Waals surface area contributed by atoms with Crippen LogP contribution >= 0.6 is 0 Å². The number of nitrogens with zero attached hydrogens (tertiary/aromatic N) is 3. The van der Waals surface area contributed by atoms with Crippen LogP contribution in [0.5, 0.6) is 0 Å². The molecule has 0 spiro atoms. The first-order valence-electron chi connectivity index (χ1n) is 4.77. The first kappa shape index (κ1) is 9.85. The van der Waals surface area contributed by atoms with Crippen LogP contribution in [0.3, 0.4) is 0 Å². The Morgan fingerprint density at radius 2 is 2.33 bits per heavy atom. The van der Waals surface area contributed by atoms with Gasteiger partial charge in [-0.15, -0.1) is 0 Å². The van der Waals surface area contributed by atoms with Gasteiger partial charge in [0, 0.05) is 24.2 Å². The predicted molar refractivity (Wildman–Crippen MR) is 55.7 cm³/mol.